The van der Waals surface area contributed by atoms with Crippen molar-refractivity contribution in [2.75, 3.05) is 0 Å². The molecule has 4 nitrogen and oxygen atoms in total. The van der Waals surface area contributed by atoms with Crippen LogP contribution in [-0.4, -0.2) is 0 Å². The fourth-order valence-electron chi connectivity index (χ4n) is 6.09. The third kappa shape index (κ3) is 3.53. The molecule has 0 aliphatic heterocycles. The Balaban J connectivity index is 1.50. The van der Waals surface area contributed by atoms with Gasteiger partial charge in [0.05, 0.1) is 17.2 Å². The maximum Gasteiger partial charge on any atom is 0.143 e. The summed E-state index contributed by atoms with van der Waals surface area (Å²) in [5, 5.41) is 24.4. The summed E-state index contributed by atoms with van der Waals surface area (Å²) in [6.45, 7) is 0. The maximum atomic E-state index is 10.6. The highest BCUT2D eigenvalue weighted by Crippen LogP contribution is 2.44. The molecule has 0 spiro atoms. The van der Waals surface area contributed by atoms with Gasteiger partial charge < -0.3 is 8.83 Å². The average Bonchev–Trinajstić information content (AvgIpc) is 3.63. The van der Waals surface area contributed by atoms with Crippen LogP contribution in [-0.2, 0) is 0 Å². The second-order valence-electron chi connectivity index (χ2n) is 10.3. The molecule has 0 amide bonds. The maximum absolute atomic E-state index is 10.6. The van der Waals surface area contributed by atoms with Crippen LogP contribution >= 0.6 is 0 Å². The number of rotatable bonds is 3. The van der Waals surface area contributed by atoms with E-state index in [1.54, 1.807) is 6.07 Å². The molecule has 0 atom stereocenters. The van der Waals surface area contributed by atoms with Crippen LogP contribution in [0.3, 0.4) is 0 Å². The molecule has 0 saturated carbocycles. The van der Waals surface area contributed by atoms with Crippen molar-refractivity contribution in [2.24, 2.45) is 0 Å². The zero-order valence-electron chi connectivity index (χ0n) is 22.3. The zero-order valence-corrected chi connectivity index (χ0v) is 22.3. The summed E-state index contributed by atoms with van der Waals surface area (Å²) < 4.78 is 12.6. The Labute approximate surface area is 240 Å². The molecule has 2 heterocycles. The minimum atomic E-state index is 0.519. The van der Waals surface area contributed by atoms with Crippen LogP contribution in [0.25, 0.3) is 77.3 Å². The third-order valence-corrected chi connectivity index (χ3v) is 7.96. The molecule has 42 heavy (non-hydrogen) atoms. The first-order valence-electron chi connectivity index (χ1n) is 13.6. The lowest BCUT2D eigenvalue weighted by Crippen LogP contribution is -1.94. The van der Waals surface area contributed by atoms with Crippen molar-refractivity contribution < 1.29 is 8.83 Å². The molecule has 0 radical (unpaired) electrons. The molecule has 6 aromatic carbocycles. The molecule has 0 saturated heterocycles. The van der Waals surface area contributed by atoms with Crippen molar-refractivity contribution in [2.45, 2.75) is 0 Å². The van der Waals surface area contributed by atoms with Gasteiger partial charge in [0, 0.05) is 38.2 Å². The number of hydrogen-bond donors (Lipinski definition) is 0. The molecule has 8 aromatic rings. The molecule has 4 heteroatoms. The number of nitrogens with zero attached hydrogens (tertiary/aromatic N) is 2. The minimum absolute atomic E-state index is 0.519. The summed E-state index contributed by atoms with van der Waals surface area (Å²) in [5.74, 6) is 0. The second-order valence-corrected chi connectivity index (χ2v) is 10.3. The highest BCUT2D eigenvalue weighted by molar-refractivity contribution is 6.14. The van der Waals surface area contributed by atoms with E-state index in [2.05, 4.69) is 42.5 Å². The predicted octanol–water partition coefficient (Wildman–Crippen LogP) is 10.2. The van der Waals surface area contributed by atoms with E-state index >= 15 is 0 Å². The number of nitriles is 2. The van der Waals surface area contributed by atoms with Crippen LogP contribution in [0.1, 0.15) is 11.1 Å². The van der Waals surface area contributed by atoms with E-state index in [4.69, 9.17) is 8.83 Å². The molecule has 0 aliphatic carbocycles. The van der Waals surface area contributed by atoms with Gasteiger partial charge >= 0.3 is 0 Å². The van der Waals surface area contributed by atoms with Crippen molar-refractivity contribution in [3.63, 3.8) is 0 Å². The minimum Gasteiger partial charge on any atom is -0.456 e. The first-order valence-corrected chi connectivity index (χ1v) is 13.6. The van der Waals surface area contributed by atoms with Crippen molar-refractivity contribution in [1.29, 1.82) is 10.5 Å². The molecule has 2 aromatic heterocycles. The Morgan fingerprint density at radius 1 is 0.452 bits per heavy atom. The highest BCUT2D eigenvalue weighted by Gasteiger charge is 2.21. The zero-order chi connectivity index (χ0) is 28.2. The van der Waals surface area contributed by atoms with Crippen LogP contribution in [0.5, 0.6) is 0 Å². The molecule has 194 valence electrons. The van der Waals surface area contributed by atoms with Gasteiger partial charge in [-0.05, 0) is 59.2 Å². The lowest BCUT2D eigenvalue weighted by Gasteiger charge is -2.15. The van der Waals surface area contributed by atoms with Crippen molar-refractivity contribution in [3.8, 4) is 45.5 Å². The van der Waals surface area contributed by atoms with E-state index < -0.39 is 0 Å². The van der Waals surface area contributed by atoms with Crippen LogP contribution in [0.4, 0.5) is 0 Å². The lowest BCUT2D eigenvalue weighted by atomic mass is 9.86. The average molecular weight is 537 g/mol. The molecular weight excluding hydrogens is 516 g/mol. The number of para-hydroxylation sites is 3. The predicted molar refractivity (Wildman–Crippen MR) is 167 cm³/mol. The van der Waals surface area contributed by atoms with Crippen molar-refractivity contribution in [3.05, 3.63) is 132 Å². The van der Waals surface area contributed by atoms with E-state index in [-0.39, 0.29) is 0 Å². The van der Waals surface area contributed by atoms with E-state index in [1.165, 1.54) is 0 Å². The Bertz CT molecular complexity index is 2450. The molecule has 0 bridgehead atoms. The molecule has 0 unspecified atom stereocenters. The Morgan fingerprint density at radius 2 is 1.12 bits per heavy atom. The summed E-state index contributed by atoms with van der Waals surface area (Å²) in [4.78, 5) is 0. The van der Waals surface area contributed by atoms with Gasteiger partial charge in [-0.1, -0.05) is 78.9 Å². The molecule has 8 rings (SSSR count). The van der Waals surface area contributed by atoms with Crippen molar-refractivity contribution in [1.82, 2.24) is 0 Å². The van der Waals surface area contributed by atoms with Gasteiger partial charge in [0.2, 0.25) is 0 Å². The normalized spacial score (nSPS) is 11.3. The van der Waals surface area contributed by atoms with Crippen LogP contribution in [0.2, 0.25) is 0 Å². The van der Waals surface area contributed by atoms with Gasteiger partial charge in [-0.3, -0.25) is 0 Å². The topological polar surface area (TPSA) is 73.9 Å². The number of furan rings is 2. The van der Waals surface area contributed by atoms with Crippen LogP contribution in [0.15, 0.2) is 130 Å². The molecule has 0 N–H and O–H groups in total. The van der Waals surface area contributed by atoms with Gasteiger partial charge in [-0.25, -0.2) is 0 Å². The summed E-state index contributed by atoms with van der Waals surface area (Å²) in [6.07, 6.45) is 0. The highest BCUT2D eigenvalue weighted by atomic mass is 16.3. The number of benzene rings is 6. The van der Waals surface area contributed by atoms with E-state index in [0.29, 0.717) is 11.1 Å². The van der Waals surface area contributed by atoms with E-state index in [9.17, 15) is 10.5 Å². The Morgan fingerprint density at radius 3 is 1.95 bits per heavy atom. The smallest absolute Gasteiger partial charge is 0.143 e. The lowest BCUT2D eigenvalue weighted by molar-refractivity contribution is 0.669. The van der Waals surface area contributed by atoms with Gasteiger partial charge in [-0.2, -0.15) is 10.5 Å². The molecular formula is C38H20N2O2. The van der Waals surface area contributed by atoms with Crippen molar-refractivity contribution >= 4 is 43.9 Å². The van der Waals surface area contributed by atoms with Gasteiger partial charge in [0.1, 0.15) is 28.4 Å². The van der Waals surface area contributed by atoms with Crippen LogP contribution in [0, 0.1) is 22.7 Å². The van der Waals surface area contributed by atoms with Crippen LogP contribution < -0.4 is 0 Å². The number of fused-ring (bicyclic) bond motifs is 6. The fourth-order valence-corrected chi connectivity index (χ4v) is 6.09. The van der Waals surface area contributed by atoms with Gasteiger partial charge in [-0.15, -0.1) is 0 Å². The SMILES string of the molecule is N#Cc1cccc(-c2cc(-c3cccc4oc5ccccc5c34)cc(-c3cccc4c3oc3ccccc34)c2C#N)c1. The van der Waals surface area contributed by atoms with Gasteiger partial charge in [0.25, 0.3) is 0 Å². The first-order chi connectivity index (χ1) is 20.7. The first kappa shape index (κ1) is 23.8. The quantitative estimate of drug-likeness (QED) is 0.225. The Hall–Kier alpha value is -6.10. The van der Waals surface area contributed by atoms with Gasteiger partial charge in [0.15, 0.2) is 0 Å². The molecule has 0 aliphatic rings. The standard InChI is InChI=1S/C38H20N2O2/c39-21-23-8-5-9-24(18-23)31-19-25(26-12-7-17-36-37(26)30-11-2-4-16-35(30)41-36)20-32(33(31)22-40)29-14-6-13-28-27-10-1-3-15-34(27)42-38(28)29/h1-20H. The van der Waals surface area contributed by atoms with E-state index in [0.717, 1.165) is 77.3 Å². The van der Waals surface area contributed by atoms with E-state index in [1.807, 2.05) is 84.9 Å². The Kier molecular flexibility index (Phi) is 5.22. The monoisotopic (exact) mass is 536 g/mol. The summed E-state index contributed by atoms with van der Waals surface area (Å²) in [7, 11) is 0. The summed E-state index contributed by atoms with van der Waals surface area (Å²) in [5.41, 5.74) is 9.29. The third-order valence-electron chi connectivity index (χ3n) is 7.96. The largest absolute Gasteiger partial charge is 0.456 e. The fraction of sp³-hybridized carbons (Fsp3) is 0. The second kappa shape index (κ2) is 9.24. The summed E-state index contributed by atoms with van der Waals surface area (Å²) >= 11 is 0. The summed E-state index contributed by atoms with van der Waals surface area (Å²) in [6, 6.07) is 44.4. The molecule has 0 fully saturated rings. The number of hydrogen-bond acceptors (Lipinski definition) is 4.